The number of alkyl halides is 2. The molecule has 0 unspecified atom stereocenters. The first-order valence-corrected chi connectivity index (χ1v) is 9.39. The SMILES string of the molecule is Cc1cccc(CCCOC(=O)Cn2c(SC(F)F)nc3ccccc32)n1. The fourth-order valence-corrected chi connectivity index (χ4v) is 3.33. The van der Waals surface area contributed by atoms with Gasteiger partial charge < -0.3 is 9.30 Å². The molecule has 0 fully saturated rings. The summed E-state index contributed by atoms with van der Waals surface area (Å²) in [5, 5.41) is 0.104. The van der Waals surface area contributed by atoms with Crippen molar-refractivity contribution in [3.8, 4) is 0 Å². The van der Waals surface area contributed by atoms with Crippen molar-refractivity contribution in [3.63, 3.8) is 0 Å². The number of esters is 1. The zero-order valence-electron chi connectivity index (χ0n) is 14.8. The van der Waals surface area contributed by atoms with Crippen LogP contribution in [0, 0.1) is 6.92 Å². The summed E-state index contributed by atoms with van der Waals surface area (Å²) < 4.78 is 32.3. The van der Waals surface area contributed by atoms with Crippen LogP contribution in [-0.4, -0.2) is 32.9 Å². The Morgan fingerprint density at radius 1 is 1.19 bits per heavy atom. The Morgan fingerprint density at radius 2 is 2.00 bits per heavy atom. The van der Waals surface area contributed by atoms with Crippen molar-refractivity contribution in [1.82, 2.24) is 14.5 Å². The van der Waals surface area contributed by atoms with Crippen molar-refractivity contribution in [3.05, 3.63) is 53.9 Å². The van der Waals surface area contributed by atoms with Crippen LogP contribution >= 0.6 is 11.8 Å². The standard InChI is InChI=1S/C19H19F2N3O2S/c1-13-6-4-7-14(22-13)8-5-11-26-17(25)12-24-16-10-3-2-9-15(16)23-19(24)27-18(20)21/h2-4,6-7,9-10,18H,5,8,11-12H2,1H3. The van der Waals surface area contributed by atoms with E-state index in [1.165, 1.54) is 4.57 Å². The zero-order chi connectivity index (χ0) is 19.2. The van der Waals surface area contributed by atoms with Gasteiger partial charge in [0, 0.05) is 11.4 Å². The van der Waals surface area contributed by atoms with E-state index in [9.17, 15) is 13.6 Å². The van der Waals surface area contributed by atoms with Gasteiger partial charge in [0.2, 0.25) is 0 Å². The molecule has 0 aliphatic heterocycles. The minimum absolute atomic E-state index is 0.104. The van der Waals surface area contributed by atoms with E-state index >= 15 is 0 Å². The fourth-order valence-electron chi connectivity index (χ4n) is 2.73. The molecule has 0 N–H and O–H groups in total. The minimum Gasteiger partial charge on any atom is -0.464 e. The zero-order valence-corrected chi connectivity index (χ0v) is 15.6. The van der Waals surface area contributed by atoms with E-state index in [-0.39, 0.29) is 18.3 Å². The second kappa shape index (κ2) is 8.94. The van der Waals surface area contributed by atoms with Gasteiger partial charge in [0.25, 0.3) is 5.76 Å². The third-order valence-corrected chi connectivity index (χ3v) is 4.59. The molecule has 0 spiro atoms. The van der Waals surface area contributed by atoms with Gasteiger partial charge in [0.15, 0.2) is 5.16 Å². The Balaban J connectivity index is 1.58. The average Bonchev–Trinajstić information content (AvgIpc) is 2.95. The number of para-hydroxylation sites is 2. The Hall–Kier alpha value is -2.48. The van der Waals surface area contributed by atoms with Crippen LogP contribution in [0.1, 0.15) is 17.8 Å². The molecule has 0 saturated heterocycles. The van der Waals surface area contributed by atoms with E-state index in [1.54, 1.807) is 24.3 Å². The normalized spacial score (nSPS) is 11.3. The van der Waals surface area contributed by atoms with Gasteiger partial charge in [-0.25, -0.2) is 4.98 Å². The van der Waals surface area contributed by atoms with Crippen molar-refractivity contribution < 1.29 is 18.3 Å². The van der Waals surface area contributed by atoms with Crippen molar-refractivity contribution in [1.29, 1.82) is 0 Å². The molecule has 0 amide bonds. The fraction of sp³-hybridized carbons (Fsp3) is 0.316. The summed E-state index contributed by atoms with van der Waals surface area (Å²) in [6, 6.07) is 12.8. The molecule has 0 atom stereocenters. The Bertz CT molecular complexity index is 930. The van der Waals surface area contributed by atoms with Crippen LogP contribution in [0.25, 0.3) is 11.0 Å². The first-order valence-electron chi connectivity index (χ1n) is 8.51. The van der Waals surface area contributed by atoms with Crippen LogP contribution in [0.2, 0.25) is 0 Å². The number of aryl methyl sites for hydroxylation is 2. The molecule has 1 aromatic carbocycles. The molecule has 2 heterocycles. The molecule has 3 rings (SSSR count). The number of hydrogen-bond donors (Lipinski definition) is 0. The van der Waals surface area contributed by atoms with Gasteiger partial charge in [-0.2, -0.15) is 8.78 Å². The lowest BCUT2D eigenvalue weighted by atomic mass is 10.2. The Kier molecular flexibility index (Phi) is 6.39. The van der Waals surface area contributed by atoms with Crippen molar-refractivity contribution in [2.24, 2.45) is 0 Å². The maximum absolute atomic E-state index is 12.8. The van der Waals surface area contributed by atoms with Crippen molar-refractivity contribution in [2.45, 2.75) is 37.2 Å². The van der Waals surface area contributed by atoms with E-state index in [1.807, 2.05) is 25.1 Å². The van der Waals surface area contributed by atoms with E-state index in [2.05, 4.69) is 9.97 Å². The summed E-state index contributed by atoms with van der Waals surface area (Å²) in [5.41, 5.74) is 3.09. The number of imidazole rings is 1. The van der Waals surface area contributed by atoms with Gasteiger partial charge in [-0.05, 0) is 55.8 Å². The van der Waals surface area contributed by atoms with Gasteiger partial charge in [-0.1, -0.05) is 18.2 Å². The third-order valence-electron chi connectivity index (χ3n) is 3.89. The Labute approximate surface area is 159 Å². The minimum atomic E-state index is -2.61. The quantitative estimate of drug-likeness (QED) is 0.327. The number of rotatable bonds is 8. The van der Waals surface area contributed by atoms with Crippen LogP contribution in [0.15, 0.2) is 47.6 Å². The maximum atomic E-state index is 12.8. The first-order chi connectivity index (χ1) is 13.0. The second-order valence-corrected chi connectivity index (χ2v) is 6.90. The van der Waals surface area contributed by atoms with Crippen LogP contribution in [-0.2, 0) is 22.5 Å². The van der Waals surface area contributed by atoms with E-state index in [0.717, 1.165) is 11.4 Å². The number of halogens is 2. The number of ether oxygens (including phenoxy) is 1. The predicted octanol–water partition coefficient (Wildman–Crippen LogP) is 4.23. The van der Waals surface area contributed by atoms with Gasteiger partial charge in [-0.15, -0.1) is 0 Å². The molecule has 0 aliphatic rings. The molecule has 142 valence electrons. The number of pyridine rings is 1. The van der Waals surface area contributed by atoms with Gasteiger partial charge >= 0.3 is 5.97 Å². The number of aromatic nitrogens is 3. The number of thioether (sulfide) groups is 1. The number of nitrogens with zero attached hydrogens (tertiary/aromatic N) is 3. The van der Waals surface area contributed by atoms with Gasteiger partial charge in [0.05, 0.1) is 17.6 Å². The highest BCUT2D eigenvalue weighted by Gasteiger charge is 2.18. The van der Waals surface area contributed by atoms with Crippen LogP contribution in [0.4, 0.5) is 8.78 Å². The lowest BCUT2D eigenvalue weighted by Crippen LogP contribution is -2.15. The molecular formula is C19H19F2N3O2S. The van der Waals surface area contributed by atoms with Gasteiger partial charge in [-0.3, -0.25) is 9.78 Å². The lowest BCUT2D eigenvalue weighted by molar-refractivity contribution is -0.144. The number of hydrogen-bond acceptors (Lipinski definition) is 5. The molecule has 2 aromatic heterocycles. The van der Waals surface area contributed by atoms with Crippen LogP contribution in [0.5, 0.6) is 0 Å². The molecule has 0 bridgehead atoms. The van der Waals surface area contributed by atoms with E-state index < -0.39 is 11.7 Å². The third kappa shape index (κ3) is 5.26. The maximum Gasteiger partial charge on any atom is 0.326 e. The number of benzene rings is 1. The smallest absolute Gasteiger partial charge is 0.326 e. The molecule has 0 aliphatic carbocycles. The number of fused-ring (bicyclic) bond motifs is 1. The van der Waals surface area contributed by atoms with Crippen LogP contribution in [0.3, 0.4) is 0 Å². The molecule has 3 aromatic rings. The summed E-state index contributed by atoms with van der Waals surface area (Å²) in [4.78, 5) is 20.8. The van der Waals surface area contributed by atoms with E-state index in [0.29, 0.717) is 35.6 Å². The highest BCUT2D eigenvalue weighted by atomic mass is 32.2. The topological polar surface area (TPSA) is 57.0 Å². The second-order valence-electron chi connectivity index (χ2n) is 5.94. The predicted molar refractivity (Wildman–Crippen MR) is 99.8 cm³/mol. The number of carbonyl (C=O) groups is 1. The largest absolute Gasteiger partial charge is 0.464 e. The molecule has 8 heteroatoms. The van der Waals surface area contributed by atoms with E-state index in [4.69, 9.17) is 4.74 Å². The summed E-state index contributed by atoms with van der Waals surface area (Å²) in [7, 11) is 0. The Morgan fingerprint density at radius 3 is 2.78 bits per heavy atom. The summed E-state index contributed by atoms with van der Waals surface area (Å²) in [6.45, 7) is 2.02. The lowest BCUT2D eigenvalue weighted by Gasteiger charge is -2.09. The summed E-state index contributed by atoms with van der Waals surface area (Å²) >= 11 is 0.322. The first kappa shape index (κ1) is 19.3. The summed E-state index contributed by atoms with van der Waals surface area (Å²) in [5.74, 6) is -3.09. The number of carbonyl (C=O) groups excluding carboxylic acids is 1. The van der Waals surface area contributed by atoms with Crippen LogP contribution < -0.4 is 0 Å². The monoisotopic (exact) mass is 391 g/mol. The van der Waals surface area contributed by atoms with Crippen molar-refractivity contribution >= 4 is 28.8 Å². The summed E-state index contributed by atoms with van der Waals surface area (Å²) in [6.07, 6.45) is 1.35. The highest BCUT2D eigenvalue weighted by molar-refractivity contribution is 7.99. The molecule has 5 nitrogen and oxygen atoms in total. The average molecular weight is 391 g/mol. The molecular weight excluding hydrogens is 372 g/mol. The molecule has 27 heavy (non-hydrogen) atoms. The van der Waals surface area contributed by atoms with Gasteiger partial charge in [0.1, 0.15) is 6.54 Å². The molecule has 0 saturated carbocycles. The highest BCUT2D eigenvalue weighted by Crippen LogP contribution is 2.28. The molecule has 0 radical (unpaired) electrons. The van der Waals surface area contributed by atoms with Crippen molar-refractivity contribution in [2.75, 3.05) is 6.61 Å².